The zero-order chi connectivity index (χ0) is 16.4. The molecule has 3 rings (SSSR count). The average Bonchev–Trinajstić information content (AvgIpc) is 2.51. The lowest BCUT2D eigenvalue weighted by atomic mass is 9.90. The molecule has 0 amide bonds. The summed E-state index contributed by atoms with van der Waals surface area (Å²) < 4.78 is 1.10. The molecule has 0 spiro atoms. The highest BCUT2D eigenvalue weighted by Gasteiger charge is 2.11. The summed E-state index contributed by atoms with van der Waals surface area (Å²) in [6.45, 7) is 4.08. The number of hydrogen-bond acceptors (Lipinski definition) is 4. The second-order valence-electron chi connectivity index (χ2n) is 6.30. The van der Waals surface area contributed by atoms with Gasteiger partial charge in [-0.25, -0.2) is 14.2 Å². The summed E-state index contributed by atoms with van der Waals surface area (Å²) >= 11 is 0. The van der Waals surface area contributed by atoms with Gasteiger partial charge in [0, 0.05) is 12.6 Å². The van der Waals surface area contributed by atoms with Gasteiger partial charge in [-0.3, -0.25) is 4.98 Å². The molecule has 2 aromatic rings. The van der Waals surface area contributed by atoms with Gasteiger partial charge < -0.3 is 5.32 Å². The van der Waals surface area contributed by atoms with Crippen molar-refractivity contribution >= 4 is 5.95 Å². The van der Waals surface area contributed by atoms with Crippen molar-refractivity contribution in [2.45, 2.75) is 52.1 Å². The Morgan fingerprint density at radius 3 is 2.65 bits per heavy atom. The van der Waals surface area contributed by atoms with E-state index in [1.54, 1.807) is 13.8 Å². The first-order valence-corrected chi connectivity index (χ1v) is 8.12. The number of nitrogens with zero attached hydrogens (tertiary/aromatic N) is 2. The Hall–Kier alpha value is -2.37. The SMILES string of the molecule is CC(C)n1c(=O)nc(NCc2ccc3c(c2)CCCC3)[nH]c1=O. The highest BCUT2D eigenvalue weighted by Crippen LogP contribution is 2.22. The first-order chi connectivity index (χ1) is 11.0. The third-order valence-electron chi connectivity index (χ3n) is 4.25. The van der Waals surface area contributed by atoms with Crippen LogP contribution < -0.4 is 16.7 Å². The predicted molar refractivity (Wildman–Crippen MR) is 89.9 cm³/mol. The van der Waals surface area contributed by atoms with Crippen LogP contribution in [0.25, 0.3) is 0 Å². The van der Waals surface area contributed by atoms with E-state index in [-0.39, 0.29) is 12.0 Å². The van der Waals surface area contributed by atoms with Crippen LogP contribution >= 0.6 is 0 Å². The van der Waals surface area contributed by atoms with Crippen molar-refractivity contribution < 1.29 is 0 Å². The molecule has 0 aliphatic heterocycles. The van der Waals surface area contributed by atoms with Gasteiger partial charge in [-0.05, 0) is 56.2 Å². The van der Waals surface area contributed by atoms with Gasteiger partial charge in [0.05, 0.1) is 0 Å². The highest BCUT2D eigenvalue weighted by molar-refractivity contribution is 5.35. The van der Waals surface area contributed by atoms with E-state index in [4.69, 9.17) is 0 Å². The largest absolute Gasteiger partial charge is 0.355 e. The minimum atomic E-state index is -0.531. The lowest BCUT2D eigenvalue weighted by Crippen LogP contribution is -2.38. The number of fused-ring (bicyclic) bond motifs is 1. The van der Waals surface area contributed by atoms with E-state index in [9.17, 15) is 9.59 Å². The molecule has 6 heteroatoms. The van der Waals surface area contributed by atoms with Gasteiger partial charge in [0.2, 0.25) is 5.95 Å². The quantitative estimate of drug-likeness (QED) is 0.904. The van der Waals surface area contributed by atoms with Crippen LogP contribution in [0.5, 0.6) is 0 Å². The Balaban J connectivity index is 1.76. The molecule has 0 fully saturated rings. The van der Waals surface area contributed by atoms with E-state index in [1.165, 1.54) is 24.0 Å². The Labute approximate surface area is 134 Å². The summed E-state index contributed by atoms with van der Waals surface area (Å²) in [5, 5.41) is 3.04. The average molecular weight is 314 g/mol. The molecule has 2 N–H and O–H groups in total. The van der Waals surface area contributed by atoms with Crippen LogP contribution in [0.15, 0.2) is 27.8 Å². The summed E-state index contributed by atoms with van der Waals surface area (Å²) in [5.41, 5.74) is 3.00. The number of benzene rings is 1. The van der Waals surface area contributed by atoms with Crippen molar-refractivity contribution in [2.24, 2.45) is 0 Å². The molecule has 23 heavy (non-hydrogen) atoms. The number of aromatic amines is 1. The first-order valence-electron chi connectivity index (χ1n) is 8.12. The molecule has 0 atom stereocenters. The molecule has 1 aromatic heterocycles. The van der Waals surface area contributed by atoms with E-state index >= 15 is 0 Å². The van der Waals surface area contributed by atoms with E-state index < -0.39 is 11.4 Å². The monoisotopic (exact) mass is 314 g/mol. The lowest BCUT2D eigenvalue weighted by molar-refractivity contribution is 0.530. The minimum absolute atomic E-state index is 0.214. The summed E-state index contributed by atoms with van der Waals surface area (Å²) in [6, 6.07) is 6.26. The minimum Gasteiger partial charge on any atom is -0.351 e. The fourth-order valence-corrected chi connectivity index (χ4v) is 3.05. The van der Waals surface area contributed by atoms with Gasteiger partial charge in [-0.1, -0.05) is 18.2 Å². The molecule has 122 valence electrons. The van der Waals surface area contributed by atoms with Gasteiger partial charge in [0.25, 0.3) is 0 Å². The number of nitrogens with one attached hydrogen (secondary N) is 2. The van der Waals surface area contributed by atoms with Gasteiger partial charge in [-0.15, -0.1) is 0 Å². The van der Waals surface area contributed by atoms with Gasteiger partial charge in [0.1, 0.15) is 0 Å². The fourth-order valence-electron chi connectivity index (χ4n) is 3.05. The molecule has 0 unspecified atom stereocenters. The molecule has 1 heterocycles. The van der Waals surface area contributed by atoms with E-state index in [2.05, 4.69) is 33.5 Å². The van der Waals surface area contributed by atoms with Crippen LogP contribution in [0.2, 0.25) is 0 Å². The fraction of sp³-hybridized carbons (Fsp3) is 0.471. The topological polar surface area (TPSA) is 79.8 Å². The normalized spacial score (nSPS) is 13.9. The van der Waals surface area contributed by atoms with E-state index in [1.807, 2.05) is 0 Å². The highest BCUT2D eigenvalue weighted by atomic mass is 16.2. The summed E-state index contributed by atoms with van der Waals surface area (Å²) in [6.07, 6.45) is 4.79. The molecular weight excluding hydrogens is 292 g/mol. The summed E-state index contributed by atoms with van der Waals surface area (Å²) in [7, 11) is 0. The number of aromatic nitrogens is 3. The number of anilines is 1. The number of H-pyrrole nitrogens is 1. The molecule has 0 bridgehead atoms. The van der Waals surface area contributed by atoms with Crippen molar-refractivity contribution in [3.63, 3.8) is 0 Å². The van der Waals surface area contributed by atoms with Crippen LogP contribution in [-0.2, 0) is 19.4 Å². The summed E-state index contributed by atoms with van der Waals surface area (Å²) in [4.78, 5) is 30.3. The van der Waals surface area contributed by atoms with Crippen LogP contribution in [0, 0.1) is 0 Å². The number of rotatable bonds is 4. The third kappa shape index (κ3) is 3.36. The molecular formula is C17H22N4O2. The van der Waals surface area contributed by atoms with Crippen LogP contribution in [-0.4, -0.2) is 14.5 Å². The van der Waals surface area contributed by atoms with Crippen molar-refractivity contribution in [1.82, 2.24) is 14.5 Å². The van der Waals surface area contributed by atoms with Crippen molar-refractivity contribution in [3.8, 4) is 0 Å². The smallest absolute Gasteiger partial charge is 0.351 e. The van der Waals surface area contributed by atoms with E-state index in [0.29, 0.717) is 6.54 Å². The maximum Gasteiger partial charge on any atom is 0.355 e. The molecule has 1 aliphatic rings. The zero-order valence-electron chi connectivity index (χ0n) is 13.6. The van der Waals surface area contributed by atoms with Gasteiger partial charge in [0.15, 0.2) is 0 Å². The number of hydrogen-bond donors (Lipinski definition) is 2. The summed E-state index contributed by atoms with van der Waals surface area (Å²) in [5.74, 6) is 0.217. The second kappa shape index (κ2) is 6.40. The molecule has 0 radical (unpaired) electrons. The Morgan fingerprint density at radius 1 is 1.22 bits per heavy atom. The van der Waals surface area contributed by atoms with Crippen molar-refractivity contribution in [1.29, 1.82) is 0 Å². The van der Waals surface area contributed by atoms with Crippen LogP contribution in [0.1, 0.15) is 49.4 Å². The Kier molecular flexibility index (Phi) is 4.32. The standard InChI is InChI=1S/C17H22N4O2/c1-11(2)21-16(22)19-15(20-17(21)23)18-10-12-7-8-13-5-3-4-6-14(13)9-12/h7-9,11H,3-6,10H2,1-2H3,(H2,18,19,20,22,23). The van der Waals surface area contributed by atoms with Crippen LogP contribution in [0.4, 0.5) is 5.95 Å². The van der Waals surface area contributed by atoms with Crippen molar-refractivity contribution in [2.75, 3.05) is 5.32 Å². The van der Waals surface area contributed by atoms with Crippen molar-refractivity contribution in [3.05, 3.63) is 55.9 Å². The maximum absolute atomic E-state index is 11.9. The Morgan fingerprint density at radius 2 is 1.96 bits per heavy atom. The molecule has 1 aliphatic carbocycles. The van der Waals surface area contributed by atoms with Gasteiger partial charge in [-0.2, -0.15) is 4.98 Å². The van der Waals surface area contributed by atoms with Crippen LogP contribution in [0.3, 0.4) is 0 Å². The third-order valence-corrected chi connectivity index (χ3v) is 4.25. The molecule has 0 saturated heterocycles. The van der Waals surface area contributed by atoms with E-state index in [0.717, 1.165) is 23.0 Å². The van der Waals surface area contributed by atoms with Gasteiger partial charge >= 0.3 is 11.4 Å². The second-order valence-corrected chi connectivity index (χ2v) is 6.30. The molecule has 6 nitrogen and oxygen atoms in total. The zero-order valence-corrected chi connectivity index (χ0v) is 13.6. The Bertz CT molecular complexity index is 789. The lowest BCUT2D eigenvalue weighted by Gasteiger charge is -2.16. The first kappa shape index (κ1) is 15.5. The number of aryl methyl sites for hydroxylation is 2. The molecule has 1 aromatic carbocycles. The maximum atomic E-state index is 11.9. The molecule has 0 saturated carbocycles. The predicted octanol–water partition coefficient (Wildman–Crippen LogP) is 2.00.